The van der Waals surface area contributed by atoms with E-state index in [4.69, 9.17) is 5.11 Å². The molecule has 6 heteroatoms. The van der Waals surface area contributed by atoms with Gasteiger partial charge < -0.3 is 10.4 Å². The summed E-state index contributed by atoms with van der Waals surface area (Å²) in [4.78, 5) is 24.0. The molecule has 1 aromatic rings. The average Bonchev–Trinajstić information content (AvgIpc) is 2.37. The molecule has 1 unspecified atom stereocenters. The molecule has 110 valence electrons. The molecule has 0 aliphatic heterocycles. The third kappa shape index (κ3) is 4.52. The van der Waals surface area contributed by atoms with E-state index in [0.717, 1.165) is 14.9 Å². The van der Waals surface area contributed by atoms with Gasteiger partial charge in [-0.05, 0) is 44.0 Å². The number of aliphatic carboxylic acids is 1. The van der Waals surface area contributed by atoms with Crippen molar-refractivity contribution in [3.63, 3.8) is 0 Å². The topological polar surface area (TPSA) is 66.4 Å². The summed E-state index contributed by atoms with van der Waals surface area (Å²) in [5.74, 6) is -1.09. The number of nitrogens with one attached hydrogen (secondary N) is 1. The SMILES string of the molecule is CCC(C)(NC(=O)CSc1ccc(Br)cc1C)C(=O)O. The summed E-state index contributed by atoms with van der Waals surface area (Å²) in [6, 6.07) is 5.84. The van der Waals surface area contributed by atoms with Crippen LogP contribution < -0.4 is 5.32 Å². The third-order valence-corrected chi connectivity index (χ3v) is 4.76. The highest BCUT2D eigenvalue weighted by molar-refractivity contribution is 9.10. The van der Waals surface area contributed by atoms with E-state index in [2.05, 4.69) is 21.2 Å². The number of carboxylic acid groups (broad SMARTS) is 1. The molecule has 0 fully saturated rings. The van der Waals surface area contributed by atoms with E-state index in [1.165, 1.54) is 18.7 Å². The van der Waals surface area contributed by atoms with Crippen molar-refractivity contribution in [2.75, 3.05) is 5.75 Å². The fraction of sp³-hybridized carbons (Fsp3) is 0.429. The van der Waals surface area contributed by atoms with Gasteiger partial charge in [-0.15, -0.1) is 11.8 Å². The van der Waals surface area contributed by atoms with Crippen molar-refractivity contribution in [1.29, 1.82) is 0 Å². The first-order chi connectivity index (χ1) is 9.28. The fourth-order valence-electron chi connectivity index (χ4n) is 1.55. The Morgan fingerprint density at radius 2 is 2.10 bits per heavy atom. The number of rotatable bonds is 6. The van der Waals surface area contributed by atoms with Crippen molar-refractivity contribution in [1.82, 2.24) is 5.32 Å². The van der Waals surface area contributed by atoms with Gasteiger partial charge in [0.1, 0.15) is 5.54 Å². The van der Waals surface area contributed by atoms with Gasteiger partial charge >= 0.3 is 5.97 Å². The van der Waals surface area contributed by atoms with Gasteiger partial charge in [-0.3, -0.25) is 4.79 Å². The van der Waals surface area contributed by atoms with E-state index in [-0.39, 0.29) is 11.7 Å². The zero-order valence-corrected chi connectivity index (χ0v) is 14.1. The second-order valence-corrected chi connectivity index (χ2v) is 6.67. The summed E-state index contributed by atoms with van der Waals surface area (Å²) in [5, 5.41) is 11.7. The van der Waals surface area contributed by atoms with Gasteiger partial charge in [0.05, 0.1) is 5.75 Å². The van der Waals surface area contributed by atoms with Crippen molar-refractivity contribution >= 4 is 39.6 Å². The molecule has 0 aliphatic carbocycles. The maximum Gasteiger partial charge on any atom is 0.329 e. The zero-order valence-electron chi connectivity index (χ0n) is 11.7. The largest absolute Gasteiger partial charge is 0.480 e. The molecule has 0 spiro atoms. The summed E-state index contributed by atoms with van der Waals surface area (Å²) in [6.45, 7) is 5.22. The first-order valence-corrected chi connectivity index (χ1v) is 7.99. The van der Waals surface area contributed by atoms with Gasteiger partial charge in [0.15, 0.2) is 0 Å². The number of amides is 1. The summed E-state index contributed by atoms with van der Waals surface area (Å²) >= 11 is 4.79. The molecule has 1 rings (SSSR count). The lowest BCUT2D eigenvalue weighted by Crippen LogP contribution is -2.52. The normalized spacial score (nSPS) is 13.6. The number of carboxylic acids is 1. The summed E-state index contributed by atoms with van der Waals surface area (Å²) < 4.78 is 0.994. The molecule has 0 heterocycles. The fourth-order valence-corrected chi connectivity index (χ4v) is 2.84. The molecule has 0 aromatic heterocycles. The quantitative estimate of drug-likeness (QED) is 0.765. The number of halogens is 1. The van der Waals surface area contributed by atoms with E-state index in [1.807, 2.05) is 25.1 Å². The van der Waals surface area contributed by atoms with E-state index < -0.39 is 11.5 Å². The average molecular weight is 360 g/mol. The zero-order chi connectivity index (χ0) is 15.3. The Morgan fingerprint density at radius 3 is 2.60 bits per heavy atom. The predicted molar refractivity (Wildman–Crippen MR) is 84.1 cm³/mol. The molecule has 1 amide bonds. The van der Waals surface area contributed by atoms with Gasteiger partial charge in [-0.2, -0.15) is 0 Å². The predicted octanol–water partition coefficient (Wildman–Crippen LogP) is 3.22. The van der Waals surface area contributed by atoms with Gasteiger partial charge in [0.25, 0.3) is 0 Å². The Balaban J connectivity index is 2.62. The van der Waals surface area contributed by atoms with Crippen LogP contribution in [0.2, 0.25) is 0 Å². The lowest BCUT2D eigenvalue weighted by Gasteiger charge is -2.24. The van der Waals surface area contributed by atoms with Crippen LogP contribution in [0.5, 0.6) is 0 Å². The highest BCUT2D eigenvalue weighted by Crippen LogP contribution is 2.25. The Kier molecular flexibility index (Phi) is 6.07. The second kappa shape index (κ2) is 7.13. The van der Waals surface area contributed by atoms with E-state index in [9.17, 15) is 9.59 Å². The van der Waals surface area contributed by atoms with Crippen molar-refractivity contribution in [3.05, 3.63) is 28.2 Å². The number of carbonyl (C=O) groups is 2. The van der Waals surface area contributed by atoms with Gasteiger partial charge in [0.2, 0.25) is 5.91 Å². The summed E-state index contributed by atoms with van der Waals surface area (Å²) in [5.41, 5.74) is -0.125. The number of thioether (sulfide) groups is 1. The third-order valence-electron chi connectivity index (χ3n) is 3.09. The van der Waals surface area contributed by atoms with Crippen LogP contribution in [0, 0.1) is 6.92 Å². The molecular weight excluding hydrogens is 342 g/mol. The number of hydrogen-bond acceptors (Lipinski definition) is 3. The van der Waals surface area contributed by atoms with Crippen LogP contribution in [-0.2, 0) is 9.59 Å². The van der Waals surface area contributed by atoms with Crippen LogP contribution in [0.1, 0.15) is 25.8 Å². The molecule has 20 heavy (non-hydrogen) atoms. The first-order valence-electron chi connectivity index (χ1n) is 6.22. The minimum atomic E-state index is -1.20. The minimum Gasteiger partial charge on any atom is -0.480 e. The maximum absolute atomic E-state index is 11.9. The Bertz CT molecular complexity index is 521. The second-order valence-electron chi connectivity index (χ2n) is 4.74. The Labute approximate surface area is 131 Å². The smallest absolute Gasteiger partial charge is 0.329 e. The Morgan fingerprint density at radius 1 is 1.45 bits per heavy atom. The molecule has 2 N–H and O–H groups in total. The van der Waals surface area contributed by atoms with E-state index in [0.29, 0.717) is 6.42 Å². The number of aryl methyl sites for hydroxylation is 1. The van der Waals surface area contributed by atoms with E-state index >= 15 is 0 Å². The van der Waals surface area contributed by atoms with Gasteiger partial charge in [-0.1, -0.05) is 22.9 Å². The molecule has 4 nitrogen and oxygen atoms in total. The number of hydrogen-bond donors (Lipinski definition) is 2. The Hall–Kier alpha value is -1.01. The molecule has 0 saturated heterocycles. The van der Waals surface area contributed by atoms with Gasteiger partial charge in [-0.25, -0.2) is 4.79 Å². The van der Waals surface area contributed by atoms with Crippen LogP contribution in [0.3, 0.4) is 0 Å². The van der Waals surface area contributed by atoms with E-state index in [1.54, 1.807) is 6.92 Å². The molecule has 0 aliphatic rings. The molecule has 0 radical (unpaired) electrons. The van der Waals surface area contributed by atoms with Crippen LogP contribution in [-0.4, -0.2) is 28.3 Å². The van der Waals surface area contributed by atoms with Crippen molar-refractivity contribution in [3.8, 4) is 0 Å². The first kappa shape index (κ1) is 17.0. The maximum atomic E-state index is 11.9. The summed E-state index contributed by atoms with van der Waals surface area (Å²) in [6.07, 6.45) is 0.343. The monoisotopic (exact) mass is 359 g/mol. The number of benzene rings is 1. The van der Waals surface area contributed by atoms with Crippen LogP contribution >= 0.6 is 27.7 Å². The van der Waals surface area contributed by atoms with Crippen LogP contribution in [0.4, 0.5) is 0 Å². The molecule has 0 bridgehead atoms. The number of carbonyl (C=O) groups excluding carboxylic acids is 1. The highest BCUT2D eigenvalue weighted by Gasteiger charge is 2.32. The van der Waals surface area contributed by atoms with Gasteiger partial charge in [0, 0.05) is 9.37 Å². The highest BCUT2D eigenvalue weighted by atomic mass is 79.9. The molecule has 1 aromatic carbocycles. The lowest BCUT2D eigenvalue weighted by atomic mass is 9.99. The minimum absolute atomic E-state index is 0.200. The molecule has 1 atom stereocenters. The van der Waals surface area contributed by atoms with Crippen molar-refractivity contribution in [2.24, 2.45) is 0 Å². The standard InChI is InChI=1S/C14H18BrNO3S/c1-4-14(3,13(18)19)16-12(17)8-20-11-6-5-10(15)7-9(11)2/h5-7H,4,8H2,1-3H3,(H,16,17)(H,18,19). The van der Waals surface area contributed by atoms with Crippen LogP contribution in [0.25, 0.3) is 0 Å². The molecule has 0 saturated carbocycles. The molecular formula is C14H18BrNO3S. The van der Waals surface area contributed by atoms with Crippen LogP contribution in [0.15, 0.2) is 27.6 Å². The van der Waals surface area contributed by atoms with Crippen molar-refractivity contribution < 1.29 is 14.7 Å². The lowest BCUT2D eigenvalue weighted by molar-refractivity contribution is -0.146. The van der Waals surface area contributed by atoms with Crippen molar-refractivity contribution in [2.45, 2.75) is 37.6 Å². The summed E-state index contributed by atoms with van der Waals surface area (Å²) in [7, 11) is 0.